The molecule has 13 heavy (non-hydrogen) atoms. The number of rotatable bonds is 4. The lowest BCUT2D eigenvalue weighted by Gasteiger charge is -2.28. The van der Waals surface area contributed by atoms with Gasteiger partial charge >= 0.3 is 5.97 Å². The van der Waals surface area contributed by atoms with Crippen molar-refractivity contribution in [1.82, 2.24) is 4.90 Å². The van der Waals surface area contributed by atoms with Gasteiger partial charge in [-0.2, -0.15) is 11.8 Å². The molecule has 0 spiro atoms. The molecule has 0 amide bonds. The minimum atomic E-state index is -0.818. The van der Waals surface area contributed by atoms with Crippen LogP contribution in [-0.4, -0.2) is 53.2 Å². The summed E-state index contributed by atoms with van der Waals surface area (Å²) in [6, 6.07) is -0.140. The maximum absolute atomic E-state index is 10.8. The van der Waals surface area contributed by atoms with Crippen molar-refractivity contribution in [1.29, 1.82) is 0 Å². The minimum Gasteiger partial charge on any atom is -0.480 e. The van der Waals surface area contributed by atoms with Crippen molar-refractivity contribution in [2.75, 3.05) is 25.1 Å². The number of nitrogens with zero attached hydrogens (tertiary/aromatic N) is 1. The summed E-state index contributed by atoms with van der Waals surface area (Å²) in [5.41, 5.74) is 5.41. The number of hydrogen-bond donors (Lipinski definition) is 2. The van der Waals surface area contributed by atoms with Gasteiger partial charge in [0.05, 0.1) is 0 Å². The Labute approximate surface area is 82.5 Å². The van der Waals surface area contributed by atoms with Crippen LogP contribution >= 0.6 is 11.8 Å². The fourth-order valence-electron chi connectivity index (χ4n) is 1.54. The highest BCUT2D eigenvalue weighted by Gasteiger charge is 2.29. The molecule has 0 aromatic heterocycles. The third-order valence-electron chi connectivity index (χ3n) is 2.48. The maximum atomic E-state index is 10.8. The zero-order valence-corrected chi connectivity index (χ0v) is 8.59. The highest BCUT2D eigenvalue weighted by Crippen LogP contribution is 2.22. The van der Waals surface area contributed by atoms with E-state index in [2.05, 4.69) is 0 Å². The van der Waals surface area contributed by atoms with Crippen molar-refractivity contribution in [2.24, 2.45) is 5.73 Å². The molecule has 0 saturated carbocycles. The number of aliphatic carboxylic acids is 1. The van der Waals surface area contributed by atoms with Gasteiger partial charge in [-0.05, 0) is 19.2 Å². The molecule has 76 valence electrons. The summed E-state index contributed by atoms with van der Waals surface area (Å²) in [6.07, 6.45) is 1.07. The summed E-state index contributed by atoms with van der Waals surface area (Å²) >= 11 is 1.87. The van der Waals surface area contributed by atoms with Crippen LogP contribution in [0.25, 0.3) is 0 Å². The predicted molar refractivity (Wildman–Crippen MR) is 54.0 cm³/mol. The zero-order valence-electron chi connectivity index (χ0n) is 7.77. The van der Waals surface area contributed by atoms with Crippen LogP contribution in [0.2, 0.25) is 0 Å². The van der Waals surface area contributed by atoms with Crippen LogP contribution in [0.4, 0.5) is 0 Å². The average molecular weight is 204 g/mol. The van der Waals surface area contributed by atoms with Crippen LogP contribution in [0.3, 0.4) is 0 Å². The summed E-state index contributed by atoms with van der Waals surface area (Å²) in [4.78, 5) is 12.7. The molecular formula is C8H16N2O2S. The van der Waals surface area contributed by atoms with Crippen LogP contribution in [0.15, 0.2) is 0 Å². The molecule has 3 N–H and O–H groups in total. The summed E-state index contributed by atoms with van der Waals surface area (Å²) in [7, 11) is 1.85. The molecule has 0 radical (unpaired) electrons. The molecule has 5 heteroatoms. The molecule has 0 aromatic carbocycles. The van der Waals surface area contributed by atoms with Crippen LogP contribution in [0.5, 0.6) is 0 Å². The number of hydrogen-bond acceptors (Lipinski definition) is 4. The Balaban J connectivity index is 2.51. The number of carboxylic acid groups (broad SMARTS) is 1. The van der Waals surface area contributed by atoms with E-state index in [1.165, 1.54) is 0 Å². The Morgan fingerprint density at radius 3 is 2.92 bits per heavy atom. The van der Waals surface area contributed by atoms with Crippen LogP contribution in [0, 0.1) is 0 Å². The van der Waals surface area contributed by atoms with Gasteiger partial charge in [-0.15, -0.1) is 0 Å². The highest BCUT2D eigenvalue weighted by atomic mass is 32.2. The number of likely N-dealkylation sites (N-methyl/N-ethyl adjacent to an activating group) is 1. The van der Waals surface area contributed by atoms with E-state index in [4.69, 9.17) is 10.8 Å². The minimum absolute atomic E-state index is 0.188. The Bertz CT molecular complexity index is 183. The fraction of sp³-hybridized carbons (Fsp3) is 0.875. The Kier molecular flexibility index (Phi) is 4.02. The quantitative estimate of drug-likeness (QED) is 0.666. The van der Waals surface area contributed by atoms with Crippen LogP contribution in [0.1, 0.15) is 6.42 Å². The first-order valence-electron chi connectivity index (χ1n) is 4.39. The van der Waals surface area contributed by atoms with Crippen molar-refractivity contribution in [2.45, 2.75) is 18.5 Å². The van der Waals surface area contributed by atoms with Gasteiger partial charge in [0.2, 0.25) is 0 Å². The summed E-state index contributed by atoms with van der Waals surface area (Å²) < 4.78 is 0. The monoisotopic (exact) mass is 204 g/mol. The molecule has 1 saturated heterocycles. The predicted octanol–water partition coefficient (Wildman–Crippen LogP) is -0.164. The van der Waals surface area contributed by atoms with Crippen molar-refractivity contribution in [3.63, 3.8) is 0 Å². The Morgan fingerprint density at radius 1 is 1.85 bits per heavy atom. The van der Waals surface area contributed by atoms with E-state index in [1.807, 2.05) is 23.7 Å². The van der Waals surface area contributed by atoms with Crippen LogP contribution in [-0.2, 0) is 4.79 Å². The number of thioether (sulfide) groups is 1. The maximum Gasteiger partial charge on any atom is 0.322 e. The van der Waals surface area contributed by atoms with Crippen molar-refractivity contribution in [3.05, 3.63) is 0 Å². The van der Waals surface area contributed by atoms with E-state index in [9.17, 15) is 4.79 Å². The smallest absolute Gasteiger partial charge is 0.322 e. The van der Waals surface area contributed by atoms with E-state index in [0.29, 0.717) is 6.04 Å². The number of nitrogens with two attached hydrogens (primary N) is 1. The van der Waals surface area contributed by atoms with E-state index in [0.717, 1.165) is 17.9 Å². The van der Waals surface area contributed by atoms with Gasteiger partial charge in [-0.3, -0.25) is 9.69 Å². The van der Waals surface area contributed by atoms with E-state index >= 15 is 0 Å². The lowest BCUT2D eigenvalue weighted by Crippen LogP contribution is -2.48. The lowest BCUT2D eigenvalue weighted by atomic mass is 10.1. The van der Waals surface area contributed by atoms with Gasteiger partial charge in [-0.1, -0.05) is 0 Å². The SMILES string of the molecule is CN(C1CCSC1)C(CN)C(=O)O. The molecule has 0 aromatic rings. The third-order valence-corrected chi connectivity index (χ3v) is 3.63. The van der Waals surface area contributed by atoms with E-state index in [-0.39, 0.29) is 6.54 Å². The first kappa shape index (κ1) is 10.8. The second kappa shape index (κ2) is 4.83. The summed E-state index contributed by atoms with van der Waals surface area (Å²) in [5.74, 6) is 1.34. The molecule has 1 heterocycles. The summed E-state index contributed by atoms with van der Waals surface area (Å²) in [5, 5.41) is 8.88. The highest BCUT2D eigenvalue weighted by molar-refractivity contribution is 7.99. The normalized spacial score (nSPS) is 25.0. The second-order valence-electron chi connectivity index (χ2n) is 3.27. The third kappa shape index (κ3) is 2.59. The first-order chi connectivity index (χ1) is 6.16. The molecule has 1 rings (SSSR count). The first-order valence-corrected chi connectivity index (χ1v) is 5.55. The van der Waals surface area contributed by atoms with E-state index in [1.54, 1.807) is 0 Å². The molecule has 1 fully saturated rings. The molecule has 0 bridgehead atoms. The number of carboxylic acids is 1. The van der Waals surface area contributed by atoms with Gasteiger partial charge in [0.15, 0.2) is 0 Å². The van der Waals surface area contributed by atoms with Gasteiger partial charge in [0.25, 0.3) is 0 Å². The van der Waals surface area contributed by atoms with Gasteiger partial charge in [0.1, 0.15) is 6.04 Å². The summed E-state index contributed by atoms with van der Waals surface area (Å²) in [6.45, 7) is 0.188. The molecule has 2 unspecified atom stereocenters. The molecule has 2 atom stereocenters. The lowest BCUT2D eigenvalue weighted by molar-refractivity contribution is -0.143. The Hall–Kier alpha value is -0.260. The van der Waals surface area contributed by atoms with Crippen molar-refractivity contribution >= 4 is 17.7 Å². The molecular weight excluding hydrogens is 188 g/mol. The topological polar surface area (TPSA) is 66.6 Å². The van der Waals surface area contributed by atoms with Crippen molar-refractivity contribution < 1.29 is 9.90 Å². The van der Waals surface area contributed by atoms with Gasteiger partial charge in [0, 0.05) is 18.3 Å². The second-order valence-corrected chi connectivity index (χ2v) is 4.42. The zero-order chi connectivity index (χ0) is 9.84. The standard InChI is InChI=1S/C8H16N2O2S/c1-10(6-2-3-13-5-6)7(4-9)8(11)12/h6-7H,2-5,9H2,1H3,(H,11,12). The fourth-order valence-corrected chi connectivity index (χ4v) is 2.82. The van der Waals surface area contributed by atoms with Gasteiger partial charge < -0.3 is 10.8 Å². The molecule has 1 aliphatic heterocycles. The van der Waals surface area contributed by atoms with Gasteiger partial charge in [-0.25, -0.2) is 0 Å². The molecule has 1 aliphatic rings. The van der Waals surface area contributed by atoms with E-state index < -0.39 is 12.0 Å². The Morgan fingerprint density at radius 2 is 2.54 bits per heavy atom. The largest absolute Gasteiger partial charge is 0.480 e. The average Bonchev–Trinajstić information content (AvgIpc) is 2.56. The molecule has 0 aliphatic carbocycles. The molecule has 4 nitrogen and oxygen atoms in total. The van der Waals surface area contributed by atoms with Crippen molar-refractivity contribution in [3.8, 4) is 0 Å². The van der Waals surface area contributed by atoms with Crippen LogP contribution < -0.4 is 5.73 Å². The number of carbonyl (C=O) groups is 1.